The smallest absolute Gasteiger partial charge is 0.274 e. The third-order valence-electron chi connectivity index (χ3n) is 5.00. The Bertz CT molecular complexity index is 922. The molecule has 3 aromatic rings. The predicted octanol–water partition coefficient (Wildman–Crippen LogP) is 4.81. The third-order valence-corrected chi connectivity index (χ3v) is 5.00. The number of hydrogen-bond donors (Lipinski definition) is 2. The van der Waals surface area contributed by atoms with Crippen molar-refractivity contribution in [1.29, 1.82) is 0 Å². The maximum atomic E-state index is 11.4. The van der Waals surface area contributed by atoms with Gasteiger partial charge in [-0.15, -0.1) is 12.4 Å². The Hall–Kier alpha value is -2.40. The molecule has 1 amide bonds. The average Bonchev–Trinajstić information content (AvgIpc) is 2.72. The zero-order chi connectivity index (χ0) is 19.2. The van der Waals surface area contributed by atoms with Gasteiger partial charge < -0.3 is 0 Å². The van der Waals surface area contributed by atoms with Crippen molar-refractivity contribution in [2.24, 2.45) is 0 Å². The summed E-state index contributed by atoms with van der Waals surface area (Å²) >= 11 is 0. The molecule has 0 saturated carbocycles. The number of fused-ring (bicyclic) bond motifs is 1. The summed E-state index contributed by atoms with van der Waals surface area (Å²) in [7, 11) is 0. The highest BCUT2D eigenvalue weighted by Gasteiger charge is 2.06. The standard InChI is InChI=1S/C23H26N2O2.ClH/c1-3-25(4-2)16-19-8-12-21-14-18(7-11-22(21)15-19)13-17-5-9-20(10-6-17)23(26)24-27;/h5-12,14-15,27H,3-4,13,16H2,1-2H3,(H,24,26);1H. The van der Waals surface area contributed by atoms with Gasteiger partial charge >= 0.3 is 0 Å². The molecule has 0 fully saturated rings. The Balaban J connectivity index is 0.00000280. The molecule has 0 aliphatic heterocycles. The van der Waals surface area contributed by atoms with Crippen molar-refractivity contribution in [3.63, 3.8) is 0 Å². The number of nitrogens with one attached hydrogen (secondary N) is 1. The van der Waals surface area contributed by atoms with Crippen LogP contribution in [0.5, 0.6) is 0 Å². The van der Waals surface area contributed by atoms with E-state index in [1.54, 1.807) is 17.6 Å². The molecule has 0 saturated heterocycles. The Labute approximate surface area is 172 Å². The maximum Gasteiger partial charge on any atom is 0.274 e. The molecule has 0 atom stereocenters. The van der Waals surface area contributed by atoms with Crippen LogP contribution >= 0.6 is 12.4 Å². The van der Waals surface area contributed by atoms with E-state index in [0.29, 0.717) is 5.56 Å². The third kappa shape index (κ3) is 5.32. The van der Waals surface area contributed by atoms with Crippen LogP contribution in [0.3, 0.4) is 0 Å². The summed E-state index contributed by atoms with van der Waals surface area (Å²) in [5, 5.41) is 11.2. The molecule has 0 spiro atoms. The fourth-order valence-corrected chi connectivity index (χ4v) is 3.33. The van der Waals surface area contributed by atoms with Gasteiger partial charge in [-0.2, -0.15) is 0 Å². The van der Waals surface area contributed by atoms with E-state index in [1.165, 1.54) is 21.9 Å². The number of carbonyl (C=O) groups excluding carboxylic acids is 1. The van der Waals surface area contributed by atoms with E-state index in [9.17, 15) is 4.79 Å². The minimum Gasteiger partial charge on any atom is -0.300 e. The minimum atomic E-state index is -0.493. The van der Waals surface area contributed by atoms with Crippen LogP contribution in [0, 0.1) is 0 Å². The summed E-state index contributed by atoms with van der Waals surface area (Å²) in [5.41, 5.74) is 5.80. The van der Waals surface area contributed by atoms with Crippen LogP contribution in [0.4, 0.5) is 0 Å². The first kappa shape index (κ1) is 21.9. The number of rotatable bonds is 7. The van der Waals surface area contributed by atoms with Crippen LogP contribution in [0.25, 0.3) is 10.8 Å². The molecular formula is C23H27ClN2O2. The SMILES string of the molecule is CCN(CC)Cc1ccc2cc(Cc3ccc(C(=O)NO)cc3)ccc2c1.Cl. The lowest BCUT2D eigenvalue weighted by Crippen LogP contribution is -2.21. The molecular weight excluding hydrogens is 372 g/mol. The lowest BCUT2D eigenvalue weighted by atomic mass is 9.99. The normalized spacial score (nSPS) is 10.7. The molecule has 0 aliphatic rings. The fraction of sp³-hybridized carbons (Fsp3) is 0.261. The van der Waals surface area contributed by atoms with Gasteiger partial charge in [0.2, 0.25) is 0 Å². The van der Waals surface area contributed by atoms with E-state index < -0.39 is 5.91 Å². The van der Waals surface area contributed by atoms with Gasteiger partial charge in [0.1, 0.15) is 0 Å². The van der Waals surface area contributed by atoms with E-state index in [0.717, 1.165) is 31.6 Å². The van der Waals surface area contributed by atoms with E-state index in [-0.39, 0.29) is 12.4 Å². The van der Waals surface area contributed by atoms with Crippen molar-refractivity contribution in [1.82, 2.24) is 10.4 Å². The number of amides is 1. The quantitative estimate of drug-likeness (QED) is 0.443. The van der Waals surface area contributed by atoms with Crippen molar-refractivity contribution in [2.75, 3.05) is 13.1 Å². The lowest BCUT2D eigenvalue weighted by Gasteiger charge is -2.18. The molecule has 5 heteroatoms. The molecule has 3 aromatic carbocycles. The predicted molar refractivity (Wildman–Crippen MR) is 116 cm³/mol. The molecule has 148 valence electrons. The van der Waals surface area contributed by atoms with Crippen molar-refractivity contribution < 1.29 is 10.0 Å². The molecule has 0 radical (unpaired) electrons. The first-order chi connectivity index (χ1) is 13.1. The van der Waals surface area contributed by atoms with Crippen LogP contribution in [0.2, 0.25) is 0 Å². The molecule has 0 aromatic heterocycles. The molecule has 4 nitrogen and oxygen atoms in total. The Morgan fingerprint density at radius 1 is 0.857 bits per heavy atom. The summed E-state index contributed by atoms with van der Waals surface area (Å²) in [6.45, 7) is 7.50. The molecule has 0 bridgehead atoms. The number of halogens is 1. The van der Waals surface area contributed by atoms with Gasteiger partial charge in [0.05, 0.1) is 0 Å². The van der Waals surface area contributed by atoms with Gasteiger partial charge in [0.15, 0.2) is 0 Å². The number of benzene rings is 3. The highest BCUT2D eigenvalue weighted by molar-refractivity contribution is 5.93. The van der Waals surface area contributed by atoms with Crippen LogP contribution < -0.4 is 5.48 Å². The van der Waals surface area contributed by atoms with Gasteiger partial charge in [0, 0.05) is 12.1 Å². The second-order valence-corrected chi connectivity index (χ2v) is 6.79. The van der Waals surface area contributed by atoms with Crippen LogP contribution in [-0.4, -0.2) is 29.1 Å². The van der Waals surface area contributed by atoms with Crippen molar-refractivity contribution >= 4 is 29.1 Å². The largest absolute Gasteiger partial charge is 0.300 e. The summed E-state index contributed by atoms with van der Waals surface area (Å²) in [5.74, 6) is -0.493. The Kier molecular flexibility index (Phi) is 8.00. The van der Waals surface area contributed by atoms with Gasteiger partial charge in [-0.1, -0.05) is 56.3 Å². The van der Waals surface area contributed by atoms with E-state index in [1.807, 2.05) is 12.1 Å². The zero-order valence-corrected chi connectivity index (χ0v) is 17.1. The number of carbonyl (C=O) groups is 1. The average molecular weight is 399 g/mol. The second kappa shape index (κ2) is 10.2. The minimum absolute atomic E-state index is 0. The highest BCUT2D eigenvalue weighted by Crippen LogP contribution is 2.21. The summed E-state index contributed by atoms with van der Waals surface area (Å²) < 4.78 is 0. The summed E-state index contributed by atoms with van der Waals surface area (Å²) in [4.78, 5) is 13.8. The van der Waals surface area contributed by atoms with E-state index >= 15 is 0 Å². The maximum absolute atomic E-state index is 11.4. The van der Waals surface area contributed by atoms with Gasteiger partial charge in [-0.25, -0.2) is 5.48 Å². The fourth-order valence-electron chi connectivity index (χ4n) is 3.33. The molecule has 3 rings (SSSR count). The number of nitrogens with zero attached hydrogens (tertiary/aromatic N) is 1. The second-order valence-electron chi connectivity index (χ2n) is 6.79. The molecule has 2 N–H and O–H groups in total. The van der Waals surface area contributed by atoms with Crippen molar-refractivity contribution in [2.45, 2.75) is 26.8 Å². The molecule has 0 aliphatic carbocycles. The highest BCUT2D eigenvalue weighted by atomic mass is 35.5. The first-order valence-electron chi connectivity index (χ1n) is 9.40. The number of hydroxylamine groups is 1. The monoisotopic (exact) mass is 398 g/mol. The van der Waals surface area contributed by atoms with E-state index in [4.69, 9.17) is 5.21 Å². The topological polar surface area (TPSA) is 52.6 Å². The molecule has 0 unspecified atom stereocenters. The van der Waals surface area contributed by atoms with Crippen molar-refractivity contribution in [3.05, 3.63) is 82.9 Å². The van der Waals surface area contributed by atoms with Gasteiger partial charge in [0.25, 0.3) is 5.91 Å². The van der Waals surface area contributed by atoms with Crippen LogP contribution in [-0.2, 0) is 13.0 Å². The first-order valence-corrected chi connectivity index (χ1v) is 9.40. The van der Waals surface area contributed by atoms with Crippen LogP contribution in [0.1, 0.15) is 40.9 Å². The van der Waals surface area contributed by atoms with E-state index in [2.05, 4.69) is 55.1 Å². The van der Waals surface area contributed by atoms with Gasteiger partial charge in [-0.3, -0.25) is 14.9 Å². The summed E-state index contributed by atoms with van der Waals surface area (Å²) in [6.07, 6.45) is 0.804. The van der Waals surface area contributed by atoms with Crippen molar-refractivity contribution in [3.8, 4) is 0 Å². The molecule has 0 heterocycles. The lowest BCUT2D eigenvalue weighted by molar-refractivity contribution is 0.0706. The number of hydrogen-bond acceptors (Lipinski definition) is 3. The Morgan fingerprint density at radius 3 is 1.96 bits per heavy atom. The Morgan fingerprint density at radius 2 is 1.39 bits per heavy atom. The molecule has 28 heavy (non-hydrogen) atoms. The van der Waals surface area contributed by atoms with Gasteiger partial charge in [-0.05, 0) is 65.2 Å². The van der Waals surface area contributed by atoms with Crippen LogP contribution in [0.15, 0.2) is 60.7 Å². The summed E-state index contributed by atoms with van der Waals surface area (Å²) in [6, 6.07) is 20.6. The zero-order valence-electron chi connectivity index (χ0n) is 16.3.